The maximum atomic E-state index is 13.1. The number of para-hydroxylation sites is 1. The predicted octanol–water partition coefficient (Wildman–Crippen LogP) is 6.84. The Hall–Kier alpha value is -2.21. The SMILES string of the molecule is O=C1Nc2ccc(Sc3ccc(F)cc3)cc2CN1c1c(Cl)cccc1Cl. The molecule has 0 aromatic heterocycles. The first kappa shape index (κ1) is 18.2. The molecule has 0 saturated heterocycles. The second-order valence-corrected chi connectivity index (χ2v) is 7.92. The van der Waals surface area contributed by atoms with E-state index in [9.17, 15) is 9.18 Å². The summed E-state index contributed by atoms with van der Waals surface area (Å²) in [6.45, 7) is 0.350. The molecule has 0 spiro atoms. The summed E-state index contributed by atoms with van der Waals surface area (Å²) in [5, 5.41) is 3.70. The average Bonchev–Trinajstić information content (AvgIpc) is 2.64. The van der Waals surface area contributed by atoms with E-state index in [1.165, 1.54) is 28.8 Å². The van der Waals surface area contributed by atoms with Crippen LogP contribution >= 0.6 is 35.0 Å². The van der Waals surface area contributed by atoms with Crippen LogP contribution in [0.15, 0.2) is 70.5 Å². The van der Waals surface area contributed by atoms with Gasteiger partial charge in [0.05, 0.1) is 22.3 Å². The zero-order valence-electron chi connectivity index (χ0n) is 13.9. The van der Waals surface area contributed by atoms with Gasteiger partial charge < -0.3 is 5.32 Å². The van der Waals surface area contributed by atoms with E-state index >= 15 is 0 Å². The van der Waals surface area contributed by atoms with E-state index in [-0.39, 0.29) is 11.8 Å². The summed E-state index contributed by atoms with van der Waals surface area (Å²) in [6, 6.07) is 17.0. The molecular formula is C20H13Cl2FN2OS. The van der Waals surface area contributed by atoms with Gasteiger partial charge in [0.2, 0.25) is 0 Å². The fraction of sp³-hybridized carbons (Fsp3) is 0.0500. The van der Waals surface area contributed by atoms with Crippen molar-refractivity contribution in [2.45, 2.75) is 16.3 Å². The third kappa shape index (κ3) is 3.76. The van der Waals surface area contributed by atoms with Gasteiger partial charge in [0.25, 0.3) is 0 Å². The molecule has 3 aromatic carbocycles. The van der Waals surface area contributed by atoms with Crippen molar-refractivity contribution in [1.82, 2.24) is 0 Å². The predicted molar refractivity (Wildman–Crippen MR) is 109 cm³/mol. The first-order valence-corrected chi connectivity index (χ1v) is 9.67. The lowest BCUT2D eigenvalue weighted by molar-refractivity contribution is 0.256. The van der Waals surface area contributed by atoms with E-state index in [0.29, 0.717) is 22.3 Å². The van der Waals surface area contributed by atoms with Crippen LogP contribution in [0.1, 0.15) is 5.56 Å². The zero-order chi connectivity index (χ0) is 19.0. The number of nitrogens with one attached hydrogen (secondary N) is 1. The summed E-state index contributed by atoms with van der Waals surface area (Å²) in [6.07, 6.45) is 0. The molecule has 1 aliphatic heterocycles. The molecule has 0 saturated carbocycles. The molecule has 0 unspecified atom stereocenters. The third-order valence-corrected chi connectivity index (χ3v) is 5.76. The van der Waals surface area contributed by atoms with Crippen molar-refractivity contribution in [3.05, 3.63) is 82.1 Å². The van der Waals surface area contributed by atoms with Gasteiger partial charge in [-0.1, -0.05) is 41.0 Å². The molecule has 2 amide bonds. The highest BCUT2D eigenvalue weighted by molar-refractivity contribution is 7.99. The van der Waals surface area contributed by atoms with Gasteiger partial charge in [0.1, 0.15) is 5.82 Å². The number of anilines is 2. The largest absolute Gasteiger partial charge is 0.326 e. The topological polar surface area (TPSA) is 32.3 Å². The molecule has 3 aromatic rings. The Balaban J connectivity index is 1.64. The number of carbonyl (C=O) groups is 1. The maximum absolute atomic E-state index is 13.1. The number of rotatable bonds is 3. The molecule has 4 rings (SSSR count). The highest BCUT2D eigenvalue weighted by atomic mass is 35.5. The molecule has 0 fully saturated rings. The lowest BCUT2D eigenvalue weighted by Crippen LogP contribution is -2.39. The maximum Gasteiger partial charge on any atom is 0.326 e. The third-order valence-electron chi connectivity index (χ3n) is 4.15. The van der Waals surface area contributed by atoms with Crippen LogP contribution in [0.4, 0.5) is 20.6 Å². The van der Waals surface area contributed by atoms with Crippen molar-refractivity contribution in [3.63, 3.8) is 0 Å². The molecular weight excluding hydrogens is 406 g/mol. The molecule has 136 valence electrons. The van der Waals surface area contributed by atoms with Gasteiger partial charge in [-0.25, -0.2) is 9.18 Å². The molecule has 0 bridgehead atoms. The van der Waals surface area contributed by atoms with Crippen LogP contribution in [0, 0.1) is 5.82 Å². The minimum atomic E-state index is -0.281. The Bertz CT molecular complexity index is 1010. The summed E-state index contributed by atoms with van der Waals surface area (Å²) in [4.78, 5) is 16.0. The standard InChI is InChI=1S/C20H13Cl2FN2OS/c21-16-2-1-3-17(22)19(16)25-11-12-10-15(8-9-18(12)24-20(25)26)27-14-6-4-13(23)5-7-14/h1-10H,11H2,(H,24,26). The van der Waals surface area contributed by atoms with Crippen LogP contribution in [0.2, 0.25) is 10.0 Å². The summed E-state index contributed by atoms with van der Waals surface area (Å²) >= 11 is 14.1. The van der Waals surface area contributed by atoms with Gasteiger partial charge in [0, 0.05) is 15.5 Å². The molecule has 7 heteroatoms. The number of urea groups is 1. The van der Waals surface area contributed by atoms with Crippen molar-refractivity contribution < 1.29 is 9.18 Å². The Morgan fingerprint density at radius 1 is 0.963 bits per heavy atom. The van der Waals surface area contributed by atoms with E-state index in [4.69, 9.17) is 23.2 Å². The fourth-order valence-corrected chi connectivity index (χ4v) is 4.36. The van der Waals surface area contributed by atoms with Crippen LogP contribution in [0.25, 0.3) is 0 Å². The first-order valence-electron chi connectivity index (χ1n) is 8.10. The van der Waals surface area contributed by atoms with Gasteiger partial charge in [-0.05, 0) is 60.2 Å². The Morgan fingerprint density at radius 2 is 1.63 bits per heavy atom. The number of amides is 2. The van der Waals surface area contributed by atoms with Crippen molar-refractivity contribution in [2.24, 2.45) is 0 Å². The van der Waals surface area contributed by atoms with Gasteiger partial charge in [-0.15, -0.1) is 0 Å². The molecule has 0 atom stereocenters. The van der Waals surface area contributed by atoms with Crippen LogP contribution in [0.5, 0.6) is 0 Å². The Kier molecular flexibility index (Phi) is 5.00. The quantitative estimate of drug-likeness (QED) is 0.504. The number of hydrogen-bond donors (Lipinski definition) is 1. The van der Waals surface area contributed by atoms with E-state index in [0.717, 1.165) is 21.0 Å². The minimum absolute atomic E-state index is 0.264. The monoisotopic (exact) mass is 418 g/mol. The molecule has 1 heterocycles. The van der Waals surface area contributed by atoms with Gasteiger partial charge in [-0.3, -0.25) is 4.90 Å². The van der Waals surface area contributed by atoms with Gasteiger partial charge in [0.15, 0.2) is 0 Å². The Labute approximate surface area is 170 Å². The van der Waals surface area contributed by atoms with Crippen LogP contribution in [-0.2, 0) is 6.54 Å². The Morgan fingerprint density at radius 3 is 2.33 bits per heavy atom. The smallest absolute Gasteiger partial charge is 0.307 e. The van der Waals surface area contributed by atoms with Crippen molar-refractivity contribution in [2.75, 3.05) is 10.2 Å². The number of benzene rings is 3. The highest BCUT2D eigenvalue weighted by Gasteiger charge is 2.27. The number of carbonyl (C=O) groups excluding carboxylic acids is 1. The lowest BCUT2D eigenvalue weighted by atomic mass is 10.1. The van der Waals surface area contributed by atoms with Crippen molar-refractivity contribution in [3.8, 4) is 0 Å². The van der Waals surface area contributed by atoms with Crippen LogP contribution in [-0.4, -0.2) is 6.03 Å². The first-order chi connectivity index (χ1) is 13.0. The second-order valence-electron chi connectivity index (χ2n) is 5.96. The van der Waals surface area contributed by atoms with Gasteiger partial charge >= 0.3 is 6.03 Å². The minimum Gasteiger partial charge on any atom is -0.307 e. The summed E-state index contributed by atoms with van der Waals surface area (Å²) < 4.78 is 13.1. The molecule has 1 N–H and O–H groups in total. The number of hydrogen-bond acceptors (Lipinski definition) is 2. The van der Waals surface area contributed by atoms with Gasteiger partial charge in [-0.2, -0.15) is 0 Å². The fourth-order valence-electron chi connectivity index (χ4n) is 2.88. The molecule has 1 aliphatic rings. The number of nitrogens with zero attached hydrogens (tertiary/aromatic N) is 1. The molecule has 0 radical (unpaired) electrons. The van der Waals surface area contributed by atoms with Crippen LogP contribution in [0.3, 0.4) is 0 Å². The summed E-state index contributed by atoms with van der Waals surface area (Å²) in [7, 11) is 0. The molecule has 3 nitrogen and oxygen atoms in total. The molecule has 27 heavy (non-hydrogen) atoms. The van der Waals surface area contributed by atoms with Crippen LogP contribution < -0.4 is 10.2 Å². The lowest BCUT2D eigenvalue weighted by Gasteiger charge is -2.30. The normalized spacial score (nSPS) is 13.3. The summed E-state index contributed by atoms with van der Waals surface area (Å²) in [5.41, 5.74) is 2.18. The number of fused-ring (bicyclic) bond motifs is 1. The highest BCUT2D eigenvalue weighted by Crippen LogP contribution is 2.38. The zero-order valence-corrected chi connectivity index (χ0v) is 16.2. The number of halogens is 3. The average molecular weight is 419 g/mol. The van der Waals surface area contributed by atoms with Crippen molar-refractivity contribution >= 4 is 52.4 Å². The van der Waals surface area contributed by atoms with E-state index in [1.807, 2.05) is 18.2 Å². The van der Waals surface area contributed by atoms with E-state index in [1.54, 1.807) is 30.3 Å². The van der Waals surface area contributed by atoms with E-state index in [2.05, 4.69) is 5.32 Å². The molecule has 0 aliphatic carbocycles. The summed E-state index contributed by atoms with van der Waals surface area (Å²) in [5.74, 6) is -0.264. The van der Waals surface area contributed by atoms with E-state index < -0.39 is 0 Å². The van der Waals surface area contributed by atoms with Crippen molar-refractivity contribution in [1.29, 1.82) is 0 Å². The second kappa shape index (κ2) is 7.43.